The second-order valence-corrected chi connectivity index (χ2v) is 7.02. The van der Waals surface area contributed by atoms with E-state index in [1.54, 1.807) is 7.11 Å². The molecule has 2 aromatic carbocycles. The molecule has 0 radical (unpaired) electrons. The Kier molecular flexibility index (Phi) is 5.87. The molecule has 0 saturated carbocycles. The lowest BCUT2D eigenvalue weighted by Crippen LogP contribution is -2.30. The number of methoxy groups -OCH3 is 1. The second kappa shape index (κ2) is 8.89. The Balaban J connectivity index is 1.31. The highest BCUT2D eigenvalue weighted by atomic mass is 16.5. The molecule has 1 aliphatic rings. The van der Waals surface area contributed by atoms with Crippen molar-refractivity contribution in [1.29, 1.82) is 0 Å². The first-order valence-corrected chi connectivity index (χ1v) is 9.66. The van der Waals surface area contributed by atoms with Gasteiger partial charge in [0.05, 0.1) is 13.7 Å². The molecule has 1 aromatic heterocycles. The van der Waals surface area contributed by atoms with Crippen molar-refractivity contribution in [2.24, 2.45) is 0 Å². The highest BCUT2D eigenvalue weighted by Crippen LogP contribution is 2.23. The minimum absolute atomic E-state index is 0.281. The molecule has 0 aliphatic carbocycles. The maximum absolute atomic E-state index is 5.72. The molecule has 3 aromatic rings. The molecule has 0 unspecified atom stereocenters. The topological polar surface area (TPSA) is 60.6 Å². The highest BCUT2D eigenvalue weighted by molar-refractivity contribution is 5.31. The predicted octanol–water partition coefficient (Wildman–Crippen LogP) is 3.86. The van der Waals surface area contributed by atoms with E-state index < -0.39 is 0 Å². The molecule has 146 valence electrons. The highest BCUT2D eigenvalue weighted by Gasteiger charge is 2.26. The summed E-state index contributed by atoms with van der Waals surface area (Å²) in [7, 11) is 1.64. The summed E-state index contributed by atoms with van der Waals surface area (Å²) in [6.07, 6.45) is 3.47. The third kappa shape index (κ3) is 4.70. The van der Waals surface area contributed by atoms with Crippen LogP contribution in [0.4, 0.5) is 0 Å². The summed E-state index contributed by atoms with van der Waals surface area (Å²) in [5, 5.41) is 4.05. The van der Waals surface area contributed by atoms with E-state index in [1.165, 1.54) is 18.4 Å². The lowest BCUT2D eigenvalue weighted by molar-refractivity contribution is 0.209. The molecule has 0 bridgehead atoms. The summed E-state index contributed by atoms with van der Waals surface area (Å²) in [6.45, 7) is 2.04. The quantitative estimate of drug-likeness (QED) is 0.592. The second-order valence-electron chi connectivity index (χ2n) is 7.02. The zero-order valence-corrected chi connectivity index (χ0v) is 16.1. The van der Waals surface area contributed by atoms with Crippen molar-refractivity contribution in [2.75, 3.05) is 13.7 Å². The Labute approximate surface area is 165 Å². The molecule has 1 saturated heterocycles. The number of benzene rings is 2. The number of hydrogen-bond donors (Lipinski definition) is 0. The standard InChI is InChI=1S/C22H25N3O3/c1-26-19-9-11-20(12-10-19)27-16-21-23-22(28-24-21)15-25-13-5-8-18(25)14-17-6-3-2-4-7-17/h2-4,6-7,9-12,18H,5,8,13-16H2,1H3/t18-/m1/s1. The predicted molar refractivity (Wildman–Crippen MR) is 105 cm³/mol. The van der Waals surface area contributed by atoms with Gasteiger partial charge in [-0.15, -0.1) is 0 Å². The molecule has 0 spiro atoms. The third-order valence-corrected chi connectivity index (χ3v) is 5.09. The first kappa shape index (κ1) is 18.5. The average molecular weight is 379 g/mol. The van der Waals surface area contributed by atoms with E-state index in [1.807, 2.05) is 24.3 Å². The molecular weight excluding hydrogens is 354 g/mol. The number of aromatic nitrogens is 2. The lowest BCUT2D eigenvalue weighted by Gasteiger charge is -2.22. The first-order chi connectivity index (χ1) is 13.8. The summed E-state index contributed by atoms with van der Waals surface area (Å²) < 4.78 is 16.3. The van der Waals surface area contributed by atoms with Crippen LogP contribution < -0.4 is 9.47 Å². The van der Waals surface area contributed by atoms with Crippen LogP contribution in [0.2, 0.25) is 0 Å². The zero-order chi connectivity index (χ0) is 19.2. The van der Waals surface area contributed by atoms with Gasteiger partial charge in [-0.1, -0.05) is 35.5 Å². The molecule has 4 rings (SSSR count). The van der Waals surface area contributed by atoms with Gasteiger partial charge in [0.25, 0.3) is 0 Å². The Hall–Kier alpha value is -2.86. The van der Waals surface area contributed by atoms with Crippen LogP contribution in [0.25, 0.3) is 0 Å². The Morgan fingerprint density at radius 1 is 1.07 bits per heavy atom. The van der Waals surface area contributed by atoms with E-state index in [0.29, 0.717) is 24.3 Å². The van der Waals surface area contributed by atoms with Gasteiger partial charge in [-0.3, -0.25) is 4.90 Å². The summed E-state index contributed by atoms with van der Waals surface area (Å²) >= 11 is 0. The van der Waals surface area contributed by atoms with Crippen molar-refractivity contribution in [3.8, 4) is 11.5 Å². The Bertz CT molecular complexity index is 864. The fraction of sp³-hybridized carbons (Fsp3) is 0.364. The van der Waals surface area contributed by atoms with Crippen LogP contribution in [0, 0.1) is 0 Å². The summed E-state index contributed by atoms with van der Waals surface area (Å²) in [5.74, 6) is 2.75. The van der Waals surface area contributed by atoms with Gasteiger partial charge in [-0.2, -0.15) is 4.98 Å². The summed E-state index contributed by atoms with van der Waals surface area (Å²) in [5.41, 5.74) is 1.37. The van der Waals surface area contributed by atoms with E-state index in [0.717, 1.165) is 24.5 Å². The molecular formula is C22H25N3O3. The van der Waals surface area contributed by atoms with Crippen molar-refractivity contribution in [3.63, 3.8) is 0 Å². The normalized spacial score (nSPS) is 17.0. The average Bonchev–Trinajstić information content (AvgIpc) is 3.37. The van der Waals surface area contributed by atoms with Crippen molar-refractivity contribution in [3.05, 3.63) is 71.9 Å². The van der Waals surface area contributed by atoms with Crippen molar-refractivity contribution < 1.29 is 14.0 Å². The molecule has 1 fully saturated rings. The molecule has 28 heavy (non-hydrogen) atoms. The number of ether oxygens (including phenoxy) is 2. The maximum atomic E-state index is 5.72. The largest absolute Gasteiger partial charge is 0.497 e. The summed E-state index contributed by atoms with van der Waals surface area (Å²) in [4.78, 5) is 6.93. The van der Waals surface area contributed by atoms with Crippen LogP contribution in [0.1, 0.15) is 30.1 Å². The maximum Gasteiger partial charge on any atom is 0.240 e. The number of nitrogens with zero attached hydrogens (tertiary/aromatic N) is 3. The van der Waals surface area contributed by atoms with E-state index >= 15 is 0 Å². The van der Waals surface area contributed by atoms with Gasteiger partial charge in [0.15, 0.2) is 6.61 Å². The van der Waals surface area contributed by atoms with Gasteiger partial charge in [0, 0.05) is 6.04 Å². The van der Waals surface area contributed by atoms with Crippen LogP contribution in [0.15, 0.2) is 59.1 Å². The fourth-order valence-corrected chi connectivity index (χ4v) is 3.63. The molecule has 6 nitrogen and oxygen atoms in total. The first-order valence-electron chi connectivity index (χ1n) is 9.66. The van der Waals surface area contributed by atoms with Gasteiger partial charge < -0.3 is 14.0 Å². The molecule has 1 atom stereocenters. The van der Waals surface area contributed by atoms with Crippen LogP contribution in [0.3, 0.4) is 0 Å². The van der Waals surface area contributed by atoms with Crippen LogP contribution >= 0.6 is 0 Å². The fourth-order valence-electron chi connectivity index (χ4n) is 3.63. The van der Waals surface area contributed by atoms with Crippen molar-refractivity contribution >= 4 is 0 Å². The number of rotatable bonds is 8. The van der Waals surface area contributed by atoms with Crippen LogP contribution in [-0.4, -0.2) is 34.7 Å². The minimum Gasteiger partial charge on any atom is -0.497 e. The van der Waals surface area contributed by atoms with Gasteiger partial charge in [0.1, 0.15) is 11.5 Å². The van der Waals surface area contributed by atoms with Gasteiger partial charge in [-0.25, -0.2) is 0 Å². The molecule has 0 amide bonds. The Morgan fingerprint density at radius 2 is 1.86 bits per heavy atom. The van der Waals surface area contributed by atoms with Gasteiger partial charge in [0.2, 0.25) is 11.7 Å². The van der Waals surface area contributed by atoms with Gasteiger partial charge >= 0.3 is 0 Å². The van der Waals surface area contributed by atoms with Crippen LogP contribution in [0.5, 0.6) is 11.5 Å². The van der Waals surface area contributed by atoms with Crippen LogP contribution in [-0.2, 0) is 19.6 Å². The summed E-state index contributed by atoms with van der Waals surface area (Å²) in [6, 6.07) is 18.6. The zero-order valence-electron chi connectivity index (χ0n) is 16.1. The minimum atomic E-state index is 0.281. The third-order valence-electron chi connectivity index (χ3n) is 5.09. The molecule has 6 heteroatoms. The molecule has 0 N–H and O–H groups in total. The van der Waals surface area contributed by atoms with E-state index in [9.17, 15) is 0 Å². The van der Waals surface area contributed by atoms with Gasteiger partial charge in [-0.05, 0) is 55.6 Å². The SMILES string of the molecule is COc1ccc(OCc2noc(CN3CCC[C@@H]3Cc3ccccc3)n2)cc1. The van der Waals surface area contributed by atoms with E-state index in [-0.39, 0.29) is 6.61 Å². The lowest BCUT2D eigenvalue weighted by atomic mass is 10.0. The molecule has 1 aliphatic heterocycles. The molecule has 2 heterocycles. The Morgan fingerprint density at radius 3 is 2.64 bits per heavy atom. The van der Waals surface area contributed by atoms with Crippen molar-refractivity contribution in [2.45, 2.75) is 38.5 Å². The number of likely N-dealkylation sites (tertiary alicyclic amines) is 1. The monoisotopic (exact) mass is 379 g/mol. The van der Waals surface area contributed by atoms with E-state index in [4.69, 9.17) is 14.0 Å². The van der Waals surface area contributed by atoms with E-state index in [2.05, 4.69) is 45.4 Å². The smallest absolute Gasteiger partial charge is 0.240 e. The van der Waals surface area contributed by atoms with Crippen molar-refractivity contribution in [1.82, 2.24) is 15.0 Å². The number of hydrogen-bond acceptors (Lipinski definition) is 6.